The van der Waals surface area contributed by atoms with Gasteiger partial charge in [-0.1, -0.05) is 31.4 Å². The van der Waals surface area contributed by atoms with Gasteiger partial charge in [-0.3, -0.25) is 4.79 Å². The summed E-state index contributed by atoms with van der Waals surface area (Å²) in [7, 11) is 0. The second kappa shape index (κ2) is 8.57. The molecule has 3 nitrogen and oxygen atoms in total. The zero-order valence-corrected chi connectivity index (χ0v) is 11.9. The van der Waals surface area contributed by atoms with Crippen LogP contribution in [0.3, 0.4) is 0 Å². The average Bonchev–Trinajstić information content (AvgIpc) is 2.36. The van der Waals surface area contributed by atoms with E-state index in [1.54, 1.807) is 0 Å². The Morgan fingerprint density at radius 3 is 2.53 bits per heavy atom. The highest BCUT2D eigenvalue weighted by atomic mass is 16.5. The monoisotopic (exact) mass is 264 g/mol. The summed E-state index contributed by atoms with van der Waals surface area (Å²) in [5, 5.41) is 8.51. The van der Waals surface area contributed by atoms with Gasteiger partial charge in [-0.2, -0.15) is 0 Å². The van der Waals surface area contributed by atoms with Crippen LogP contribution in [0.2, 0.25) is 0 Å². The summed E-state index contributed by atoms with van der Waals surface area (Å²) >= 11 is 0. The molecule has 0 spiro atoms. The molecule has 3 heteroatoms. The number of rotatable bonds is 9. The fraction of sp³-hybridized carbons (Fsp3) is 0.562. The molecular weight excluding hydrogens is 240 g/mol. The van der Waals surface area contributed by atoms with Crippen LogP contribution >= 0.6 is 0 Å². The Hall–Kier alpha value is -1.51. The number of hydrogen-bond acceptors (Lipinski definition) is 2. The molecule has 1 N–H and O–H groups in total. The van der Waals surface area contributed by atoms with Gasteiger partial charge >= 0.3 is 5.97 Å². The first kappa shape index (κ1) is 15.5. The maximum absolute atomic E-state index is 10.3. The van der Waals surface area contributed by atoms with Gasteiger partial charge in [-0.25, -0.2) is 0 Å². The van der Waals surface area contributed by atoms with Gasteiger partial charge in [0.1, 0.15) is 5.75 Å². The Morgan fingerprint density at radius 2 is 1.79 bits per heavy atom. The lowest BCUT2D eigenvalue weighted by atomic mass is 10.1. The highest BCUT2D eigenvalue weighted by Crippen LogP contribution is 2.19. The molecule has 0 aliphatic carbocycles. The molecule has 19 heavy (non-hydrogen) atoms. The van der Waals surface area contributed by atoms with Gasteiger partial charge in [-0.15, -0.1) is 0 Å². The third-order valence-electron chi connectivity index (χ3n) is 3.14. The van der Waals surface area contributed by atoms with E-state index < -0.39 is 5.97 Å². The second-order valence-electron chi connectivity index (χ2n) is 5.03. The van der Waals surface area contributed by atoms with E-state index >= 15 is 0 Å². The molecule has 1 aromatic rings. The third-order valence-corrected chi connectivity index (χ3v) is 3.14. The fourth-order valence-corrected chi connectivity index (χ4v) is 1.95. The third kappa shape index (κ3) is 6.85. The Bertz CT molecular complexity index is 399. The number of aliphatic carboxylic acids is 1. The van der Waals surface area contributed by atoms with Gasteiger partial charge in [0.15, 0.2) is 0 Å². The van der Waals surface area contributed by atoms with Crippen LogP contribution in [0, 0.1) is 13.8 Å². The van der Waals surface area contributed by atoms with Crippen molar-refractivity contribution in [3.8, 4) is 5.75 Å². The van der Waals surface area contributed by atoms with Crippen LogP contribution in [0.15, 0.2) is 18.2 Å². The molecule has 0 saturated carbocycles. The Kier molecular flexibility index (Phi) is 7.01. The number of carboxylic acids is 1. The molecule has 0 heterocycles. The molecule has 0 saturated heterocycles. The molecule has 0 bridgehead atoms. The summed E-state index contributed by atoms with van der Waals surface area (Å²) in [4.78, 5) is 10.3. The largest absolute Gasteiger partial charge is 0.493 e. The highest BCUT2D eigenvalue weighted by molar-refractivity contribution is 5.66. The minimum absolute atomic E-state index is 0.291. The number of unbranched alkanes of at least 4 members (excludes halogenated alkanes) is 4. The first-order valence-corrected chi connectivity index (χ1v) is 7.01. The van der Waals surface area contributed by atoms with Gasteiger partial charge in [0.2, 0.25) is 0 Å². The number of hydrogen-bond donors (Lipinski definition) is 1. The Balaban J connectivity index is 2.07. The molecule has 1 aromatic carbocycles. The zero-order valence-electron chi connectivity index (χ0n) is 11.9. The van der Waals surface area contributed by atoms with E-state index in [-0.39, 0.29) is 0 Å². The molecule has 106 valence electrons. The summed E-state index contributed by atoms with van der Waals surface area (Å²) < 4.78 is 5.77. The minimum Gasteiger partial charge on any atom is -0.493 e. The zero-order chi connectivity index (χ0) is 14.1. The van der Waals surface area contributed by atoms with Gasteiger partial charge in [-0.05, 0) is 43.9 Å². The van der Waals surface area contributed by atoms with Crippen LogP contribution in [0.4, 0.5) is 0 Å². The van der Waals surface area contributed by atoms with E-state index in [0.29, 0.717) is 6.42 Å². The molecule has 0 atom stereocenters. The normalized spacial score (nSPS) is 10.4. The molecule has 0 aliphatic rings. The van der Waals surface area contributed by atoms with Crippen LogP contribution < -0.4 is 4.74 Å². The van der Waals surface area contributed by atoms with Crippen LogP contribution in [-0.4, -0.2) is 17.7 Å². The van der Waals surface area contributed by atoms with Crippen LogP contribution in [0.1, 0.15) is 49.7 Å². The van der Waals surface area contributed by atoms with E-state index in [0.717, 1.165) is 44.5 Å². The van der Waals surface area contributed by atoms with E-state index in [1.165, 1.54) is 11.1 Å². The van der Waals surface area contributed by atoms with Gasteiger partial charge in [0.25, 0.3) is 0 Å². The fourth-order valence-electron chi connectivity index (χ4n) is 1.95. The van der Waals surface area contributed by atoms with Crippen molar-refractivity contribution in [2.45, 2.75) is 52.4 Å². The summed E-state index contributed by atoms with van der Waals surface area (Å²) in [5.74, 6) is 0.282. The van der Waals surface area contributed by atoms with E-state index in [1.807, 2.05) is 0 Å². The van der Waals surface area contributed by atoms with Crippen LogP contribution in [-0.2, 0) is 4.79 Å². The quantitative estimate of drug-likeness (QED) is 0.683. The standard InChI is InChI=1S/C16H24O3/c1-13-9-10-14(2)15(12-13)19-11-7-5-3-4-6-8-16(17)18/h9-10,12H,3-8,11H2,1-2H3,(H,17,18). The molecule has 0 amide bonds. The van der Waals surface area contributed by atoms with Gasteiger partial charge in [0.05, 0.1) is 6.61 Å². The lowest BCUT2D eigenvalue weighted by Crippen LogP contribution is -1.99. The lowest BCUT2D eigenvalue weighted by Gasteiger charge is -2.09. The summed E-state index contributed by atoms with van der Waals surface area (Å²) in [6, 6.07) is 6.24. The topological polar surface area (TPSA) is 46.5 Å². The first-order valence-electron chi connectivity index (χ1n) is 7.01. The van der Waals surface area contributed by atoms with Crippen molar-refractivity contribution in [1.29, 1.82) is 0 Å². The van der Waals surface area contributed by atoms with Crippen molar-refractivity contribution >= 4 is 5.97 Å². The van der Waals surface area contributed by atoms with Crippen molar-refractivity contribution in [3.05, 3.63) is 29.3 Å². The van der Waals surface area contributed by atoms with E-state index in [9.17, 15) is 4.79 Å². The molecule has 1 rings (SSSR count). The molecule has 0 aliphatic heterocycles. The minimum atomic E-state index is -0.696. The number of aryl methyl sites for hydroxylation is 2. The highest BCUT2D eigenvalue weighted by Gasteiger charge is 2.00. The SMILES string of the molecule is Cc1ccc(C)c(OCCCCCCCC(=O)O)c1. The summed E-state index contributed by atoms with van der Waals surface area (Å²) in [6.07, 6.45) is 5.29. The van der Waals surface area contributed by atoms with Crippen molar-refractivity contribution in [3.63, 3.8) is 0 Å². The number of benzene rings is 1. The van der Waals surface area contributed by atoms with Gasteiger partial charge < -0.3 is 9.84 Å². The van der Waals surface area contributed by atoms with E-state index in [2.05, 4.69) is 32.0 Å². The molecular formula is C16H24O3. The summed E-state index contributed by atoms with van der Waals surface area (Å²) in [6.45, 7) is 4.86. The molecule has 0 aromatic heterocycles. The summed E-state index contributed by atoms with van der Waals surface area (Å²) in [5.41, 5.74) is 2.39. The van der Waals surface area contributed by atoms with Crippen molar-refractivity contribution < 1.29 is 14.6 Å². The first-order chi connectivity index (χ1) is 9.09. The number of carbonyl (C=O) groups is 1. The van der Waals surface area contributed by atoms with Crippen LogP contribution in [0.5, 0.6) is 5.75 Å². The predicted octanol–water partition coefficient (Wildman–Crippen LogP) is 4.11. The van der Waals surface area contributed by atoms with Crippen molar-refractivity contribution in [2.75, 3.05) is 6.61 Å². The lowest BCUT2D eigenvalue weighted by molar-refractivity contribution is -0.137. The second-order valence-corrected chi connectivity index (χ2v) is 5.03. The molecule has 0 fully saturated rings. The average molecular weight is 264 g/mol. The number of carboxylic acid groups (broad SMARTS) is 1. The Labute approximate surface area is 115 Å². The maximum atomic E-state index is 10.3. The van der Waals surface area contributed by atoms with E-state index in [4.69, 9.17) is 9.84 Å². The van der Waals surface area contributed by atoms with Crippen molar-refractivity contribution in [2.24, 2.45) is 0 Å². The van der Waals surface area contributed by atoms with Crippen LogP contribution in [0.25, 0.3) is 0 Å². The smallest absolute Gasteiger partial charge is 0.303 e. The van der Waals surface area contributed by atoms with Gasteiger partial charge in [0, 0.05) is 6.42 Å². The maximum Gasteiger partial charge on any atom is 0.303 e. The van der Waals surface area contributed by atoms with Crippen molar-refractivity contribution in [1.82, 2.24) is 0 Å². The Morgan fingerprint density at radius 1 is 1.11 bits per heavy atom. The molecule has 0 unspecified atom stereocenters. The predicted molar refractivity (Wildman–Crippen MR) is 76.7 cm³/mol. The number of ether oxygens (including phenoxy) is 1. The molecule has 0 radical (unpaired) electrons.